The summed E-state index contributed by atoms with van der Waals surface area (Å²) in [7, 11) is 1.77. The van der Waals surface area contributed by atoms with Crippen molar-refractivity contribution in [2.45, 2.75) is 6.92 Å². The molecule has 0 radical (unpaired) electrons. The Morgan fingerprint density at radius 2 is 1.95 bits per heavy atom. The second-order valence-electron chi connectivity index (χ2n) is 4.24. The standard InChI is InChI=1S/C14H12ClNO3/c1-8(17)13-10(5-6-16(13)2)9-3-4-12(15)11(7-9)14(18)19/h3-7H,1-2H3,(H,18,19). The molecule has 0 saturated carbocycles. The molecule has 5 heteroatoms. The van der Waals surface area contributed by atoms with Crippen molar-refractivity contribution in [1.82, 2.24) is 4.57 Å². The number of ketones is 1. The Bertz CT molecular complexity index is 673. The lowest BCUT2D eigenvalue weighted by atomic mass is 10.0. The Labute approximate surface area is 115 Å². The van der Waals surface area contributed by atoms with E-state index < -0.39 is 5.97 Å². The summed E-state index contributed by atoms with van der Waals surface area (Å²) >= 11 is 5.83. The van der Waals surface area contributed by atoms with E-state index in [1.165, 1.54) is 19.1 Å². The molecule has 1 aromatic heterocycles. The fraction of sp³-hybridized carbons (Fsp3) is 0.143. The molecule has 1 aromatic carbocycles. The molecular weight excluding hydrogens is 266 g/mol. The molecule has 0 atom stereocenters. The van der Waals surface area contributed by atoms with Crippen molar-refractivity contribution in [2.75, 3.05) is 0 Å². The number of Topliss-reactive ketones (excluding diaryl/α,β-unsaturated/α-hetero) is 1. The van der Waals surface area contributed by atoms with Gasteiger partial charge in [0.05, 0.1) is 16.3 Å². The summed E-state index contributed by atoms with van der Waals surface area (Å²) in [6.07, 6.45) is 1.76. The molecule has 0 aliphatic carbocycles. The largest absolute Gasteiger partial charge is 0.478 e. The van der Waals surface area contributed by atoms with Crippen molar-refractivity contribution in [3.05, 3.63) is 46.7 Å². The Morgan fingerprint density at radius 3 is 2.53 bits per heavy atom. The smallest absolute Gasteiger partial charge is 0.337 e. The Balaban J connectivity index is 2.63. The van der Waals surface area contributed by atoms with Crippen molar-refractivity contribution >= 4 is 23.4 Å². The maximum Gasteiger partial charge on any atom is 0.337 e. The van der Waals surface area contributed by atoms with Crippen LogP contribution in [0.2, 0.25) is 5.02 Å². The van der Waals surface area contributed by atoms with Gasteiger partial charge < -0.3 is 9.67 Å². The first-order chi connectivity index (χ1) is 8.91. The number of hydrogen-bond acceptors (Lipinski definition) is 2. The van der Waals surface area contributed by atoms with Crippen LogP contribution < -0.4 is 0 Å². The molecule has 0 amide bonds. The van der Waals surface area contributed by atoms with Gasteiger partial charge in [0.2, 0.25) is 0 Å². The number of carboxylic acids is 1. The lowest BCUT2D eigenvalue weighted by molar-refractivity contribution is 0.0697. The Kier molecular flexibility index (Phi) is 3.44. The second kappa shape index (κ2) is 4.90. The fourth-order valence-corrected chi connectivity index (χ4v) is 2.26. The molecule has 2 rings (SSSR count). The minimum absolute atomic E-state index is 0.0255. The number of carbonyl (C=O) groups excluding carboxylic acids is 1. The predicted molar refractivity (Wildman–Crippen MR) is 72.8 cm³/mol. The van der Waals surface area contributed by atoms with E-state index >= 15 is 0 Å². The van der Waals surface area contributed by atoms with Crippen LogP contribution in [0.1, 0.15) is 27.8 Å². The van der Waals surface area contributed by atoms with Gasteiger partial charge in [-0.05, 0) is 23.8 Å². The zero-order valence-corrected chi connectivity index (χ0v) is 11.2. The Morgan fingerprint density at radius 1 is 1.26 bits per heavy atom. The quantitative estimate of drug-likeness (QED) is 0.876. The first-order valence-corrected chi connectivity index (χ1v) is 5.99. The number of hydrogen-bond donors (Lipinski definition) is 1. The molecule has 2 aromatic rings. The van der Waals surface area contributed by atoms with Crippen molar-refractivity contribution < 1.29 is 14.7 Å². The molecule has 1 heterocycles. The number of rotatable bonds is 3. The highest BCUT2D eigenvalue weighted by Gasteiger charge is 2.16. The summed E-state index contributed by atoms with van der Waals surface area (Å²) in [6.45, 7) is 1.48. The number of aromatic nitrogens is 1. The van der Waals surface area contributed by atoms with E-state index in [0.717, 1.165) is 0 Å². The molecule has 4 nitrogen and oxygen atoms in total. The highest BCUT2D eigenvalue weighted by molar-refractivity contribution is 6.33. The van der Waals surface area contributed by atoms with E-state index in [0.29, 0.717) is 16.8 Å². The third-order valence-corrected chi connectivity index (χ3v) is 3.24. The summed E-state index contributed by atoms with van der Waals surface area (Å²) < 4.78 is 1.71. The van der Waals surface area contributed by atoms with Crippen molar-refractivity contribution in [3.63, 3.8) is 0 Å². The van der Waals surface area contributed by atoms with E-state index in [4.69, 9.17) is 16.7 Å². The molecule has 1 N–H and O–H groups in total. The van der Waals surface area contributed by atoms with Crippen LogP contribution in [0.4, 0.5) is 0 Å². The summed E-state index contributed by atoms with van der Waals surface area (Å²) in [5, 5.41) is 9.24. The zero-order chi connectivity index (χ0) is 14.2. The highest BCUT2D eigenvalue weighted by atomic mass is 35.5. The van der Waals surface area contributed by atoms with Gasteiger partial charge in [0.15, 0.2) is 5.78 Å². The molecule has 0 saturated heterocycles. The summed E-state index contributed by atoms with van der Waals surface area (Å²) in [5.74, 6) is -1.17. The summed E-state index contributed by atoms with van der Waals surface area (Å²) in [6, 6.07) is 6.49. The van der Waals surface area contributed by atoms with Gasteiger partial charge in [-0.25, -0.2) is 4.79 Å². The van der Waals surface area contributed by atoms with Gasteiger partial charge in [-0.1, -0.05) is 17.7 Å². The van der Waals surface area contributed by atoms with Crippen LogP contribution in [0, 0.1) is 0 Å². The Hall–Kier alpha value is -2.07. The van der Waals surface area contributed by atoms with Crippen LogP contribution >= 0.6 is 11.6 Å². The van der Waals surface area contributed by atoms with E-state index in [1.807, 2.05) is 0 Å². The first kappa shape index (κ1) is 13.4. The number of halogens is 1. The predicted octanol–water partition coefficient (Wildman–Crippen LogP) is 3.25. The van der Waals surface area contributed by atoms with Gasteiger partial charge in [0.25, 0.3) is 0 Å². The van der Waals surface area contributed by atoms with Crippen LogP contribution in [0.3, 0.4) is 0 Å². The van der Waals surface area contributed by atoms with Crippen LogP contribution in [0.25, 0.3) is 11.1 Å². The third-order valence-electron chi connectivity index (χ3n) is 2.91. The average molecular weight is 278 g/mol. The monoisotopic (exact) mass is 277 g/mol. The molecule has 0 unspecified atom stereocenters. The van der Waals surface area contributed by atoms with Crippen molar-refractivity contribution in [3.8, 4) is 11.1 Å². The van der Waals surface area contributed by atoms with Crippen molar-refractivity contribution in [2.24, 2.45) is 7.05 Å². The molecule has 0 fully saturated rings. The fourth-order valence-electron chi connectivity index (χ4n) is 2.06. The second-order valence-corrected chi connectivity index (χ2v) is 4.65. The van der Waals surface area contributed by atoms with Crippen LogP contribution in [-0.2, 0) is 7.05 Å². The lowest BCUT2D eigenvalue weighted by Crippen LogP contribution is -2.03. The molecule has 0 aliphatic heterocycles. The van der Waals surface area contributed by atoms with E-state index in [2.05, 4.69) is 0 Å². The maximum absolute atomic E-state index is 11.6. The van der Waals surface area contributed by atoms with Crippen LogP contribution in [0.5, 0.6) is 0 Å². The normalized spacial score (nSPS) is 10.5. The van der Waals surface area contributed by atoms with Crippen LogP contribution in [0.15, 0.2) is 30.5 Å². The van der Waals surface area contributed by atoms with Gasteiger partial charge in [0.1, 0.15) is 0 Å². The summed E-state index contributed by atoms with van der Waals surface area (Å²) in [4.78, 5) is 22.7. The molecular formula is C14H12ClNO3. The van der Waals surface area contributed by atoms with Gasteiger partial charge in [-0.15, -0.1) is 0 Å². The molecule has 0 bridgehead atoms. The minimum atomic E-state index is -1.09. The van der Waals surface area contributed by atoms with Gasteiger partial charge in [0, 0.05) is 25.7 Å². The minimum Gasteiger partial charge on any atom is -0.478 e. The number of benzene rings is 1. The topological polar surface area (TPSA) is 59.3 Å². The van der Waals surface area contributed by atoms with Crippen LogP contribution in [-0.4, -0.2) is 21.4 Å². The van der Waals surface area contributed by atoms with Crippen molar-refractivity contribution in [1.29, 1.82) is 0 Å². The average Bonchev–Trinajstić information content (AvgIpc) is 2.71. The lowest BCUT2D eigenvalue weighted by Gasteiger charge is -2.06. The number of aromatic carboxylic acids is 1. The van der Waals surface area contributed by atoms with E-state index in [-0.39, 0.29) is 16.4 Å². The third kappa shape index (κ3) is 2.39. The highest BCUT2D eigenvalue weighted by Crippen LogP contribution is 2.28. The number of nitrogens with zero attached hydrogens (tertiary/aromatic N) is 1. The molecule has 19 heavy (non-hydrogen) atoms. The van der Waals surface area contributed by atoms with Gasteiger partial charge >= 0.3 is 5.97 Å². The SMILES string of the molecule is CC(=O)c1c(-c2ccc(Cl)c(C(=O)O)c2)ccn1C. The first-order valence-electron chi connectivity index (χ1n) is 5.61. The number of carboxylic acid groups (broad SMARTS) is 1. The summed E-state index contributed by atoms with van der Waals surface area (Å²) in [5.41, 5.74) is 1.93. The number of carbonyl (C=O) groups is 2. The zero-order valence-electron chi connectivity index (χ0n) is 10.5. The van der Waals surface area contributed by atoms with Gasteiger partial charge in [-0.3, -0.25) is 4.79 Å². The van der Waals surface area contributed by atoms with E-state index in [1.54, 1.807) is 29.9 Å². The molecule has 0 aliphatic rings. The molecule has 98 valence electrons. The maximum atomic E-state index is 11.6. The van der Waals surface area contributed by atoms with Gasteiger partial charge in [-0.2, -0.15) is 0 Å². The van der Waals surface area contributed by atoms with E-state index in [9.17, 15) is 9.59 Å². The molecule has 0 spiro atoms. The number of aryl methyl sites for hydroxylation is 1.